The highest BCUT2D eigenvalue weighted by atomic mass is 28.3. The molecule has 1 atom stereocenters. The molecule has 278 valence electrons. The van der Waals surface area contributed by atoms with E-state index in [9.17, 15) is 0 Å². The first-order valence-corrected chi connectivity index (χ1v) is 23.4. The van der Waals surface area contributed by atoms with Crippen LogP contribution in [0.25, 0.3) is 72.8 Å². The summed E-state index contributed by atoms with van der Waals surface area (Å²) in [4.78, 5) is 15.1. The Hall–Kier alpha value is -7.21. The summed E-state index contributed by atoms with van der Waals surface area (Å²) in [5.74, 6) is 1.96. The van der Waals surface area contributed by atoms with Gasteiger partial charge in [0.05, 0.1) is 22.1 Å². The second-order valence-electron chi connectivity index (χ2n) is 16.4. The Morgan fingerprint density at radius 2 is 0.915 bits per heavy atom. The lowest BCUT2D eigenvalue weighted by Crippen LogP contribution is -2.63. The zero-order chi connectivity index (χ0) is 39.3. The van der Waals surface area contributed by atoms with E-state index in [2.05, 4.69) is 175 Å². The topological polar surface area (TPSA) is 43.6 Å². The van der Waals surface area contributed by atoms with Crippen molar-refractivity contribution in [1.29, 1.82) is 0 Å². The van der Waals surface area contributed by atoms with Crippen molar-refractivity contribution in [2.75, 3.05) is 0 Å². The van der Waals surface area contributed by atoms with Crippen molar-refractivity contribution in [2.45, 2.75) is 18.5 Å². The molecular weight excluding hydrogens is 733 g/mol. The minimum absolute atomic E-state index is 0.536. The van der Waals surface area contributed by atoms with Crippen LogP contribution in [0.1, 0.15) is 22.3 Å². The number of hydrogen-bond acceptors (Lipinski definition) is 3. The predicted molar refractivity (Wildman–Crippen MR) is 245 cm³/mol. The fourth-order valence-corrected chi connectivity index (χ4v) is 13.5. The number of fused-ring (bicyclic) bond motifs is 11. The van der Waals surface area contributed by atoms with Crippen molar-refractivity contribution < 1.29 is 0 Å². The van der Waals surface area contributed by atoms with E-state index in [1.54, 1.807) is 0 Å². The summed E-state index contributed by atoms with van der Waals surface area (Å²) in [6.07, 6.45) is 0. The molecule has 2 aliphatic heterocycles. The second-order valence-corrected chi connectivity index (χ2v) is 20.7. The molecular formula is C54H38N4Si. The Bertz CT molecular complexity index is 3260. The lowest BCUT2D eigenvalue weighted by molar-refractivity contribution is 0.732. The first-order chi connectivity index (χ1) is 29.0. The van der Waals surface area contributed by atoms with Crippen LogP contribution in [0, 0.1) is 0 Å². The summed E-state index contributed by atoms with van der Waals surface area (Å²) in [6.45, 7) is 5.05. The van der Waals surface area contributed by atoms with Gasteiger partial charge in [-0.25, -0.2) is 15.0 Å². The van der Waals surface area contributed by atoms with Crippen LogP contribution in [0.15, 0.2) is 194 Å². The fourth-order valence-electron chi connectivity index (χ4n) is 10.3. The molecule has 8 aromatic carbocycles. The van der Waals surface area contributed by atoms with Gasteiger partial charge < -0.3 is 4.57 Å². The van der Waals surface area contributed by atoms with Crippen molar-refractivity contribution in [3.05, 3.63) is 216 Å². The smallest absolute Gasteiger partial charge is 0.164 e. The third kappa shape index (κ3) is 4.79. The van der Waals surface area contributed by atoms with Gasteiger partial charge in [0.25, 0.3) is 0 Å². The summed E-state index contributed by atoms with van der Waals surface area (Å²) >= 11 is 0. The Kier molecular flexibility index (Phi) is 7.26. The molecule has 0 N–H and O–H groups in total. The molecule has 2 aromatic heterocycles. The van der Waals surface area contributed by atoms with E-state index < -0.39 is 13.5 Å². The van der Waals surface area contributed by atoms with E-state index in [-0.39, 0.29) is 0 Å². The van der Waals surface area contributed by atoms with Gasteiger partial charge >= 0.3 is 0 Å². The Balaban J connectivity index is 1.11. The van der Waals surface area contributed by atoms with Gasteiger partial charge in [0, 0.05) is 27.5 Å². The Labute approximate surface area is 344 Å². The molecule has 2 aliphatic rings. The summed E-state index contributed by atoms with van der Waals surface area (Å²) in [5, 5.41) is 5.55. The Morgan fingerprint density at radius 3 is 1.68 bits per heavy atom. The van der Waals surface area contributed by atoms with Gasteiger partial charge in [-0.3, -0.25) is 0 Å². The first kappa shape index (κ1) is 33.9. The molecule has 12 rings (SSSR count). The van der Waals surface area contributed by atoms with Gasteiger partial charge in [-0.15, -0.1) is 0 Å². The van der Waals surface area contributed by atoms with Crippen molar-refractivity contribution >= 4 is 40.3 Å². The molecule has 1 spiro atoms. The van der Waals surface area contributed by atoms with Gasteiger partial charge in [0.1, 0.15) is 8.07 Å². The summed E-state index contributed by atoms with van der Waals surface area (Å²) in [5.41, 5.74) is 13.8. The maximum atomic E-state index is 5.08. The summed E-state index contributed by atoms with van der Waals surface area (Å²) < 4.78 is 2.52. The van der Waals surface area contributed by atoms with E-state index in [4.69, 9.17) is 15.0 Å². The maximum absolute atomic E-state index is 5.08. The predicted octanol–water partition coefficient (Wildman–Crippen LogP) is 11.5. The average molecular weight is 771 g/mol. The van der Waals surface area contributed by atoms with E-state index >= 15 is 0 Å². The van der Waals surface area contributed by atoms with Crippen LogP contribution in [0.5, 0.6) is 0 Å². The minimum Gasteiger partial charge on any atom is -0.309 e. The van der Waals surface area contributed by atoms with Crippen LogP contribution in [0.3, 0.4) is 0 Å². The number of para-hydroxylation sites is 3. The summed E-state index contributed by atoms with van der Waals surface area (Å²) in [6, 6.07) is 70.7. The first-order valence-electron chi connectivity index (χ1n) is 20.4. The lowest BCUT2D eigenvalue weighted by atomic mass is 9.62. The van der Waals surface area contributed by atoms with E-state index in [1.165, 1.54) is 65.7 Å². The molecule has 0 aliphatic carbocycles. The van der Waals surface area contributed by atoms with Crippen LogP contribution >= 0.6 is 0 Å². The maximum Gasteiger partial charge on any atom is 0.164 e. The van der Waals surface area contributed by atoms with Crippen LogP contribution in [-0.4, -0.2) is 27.6 Å². The molecule has 0 fully saturated rings. The quantitative estimate of drug-likeness (QED) is 0.167. The normalized spacial score (nSPS) is 15.8. The molecule has 0 saturated carbocycles. The highest BCUT2D eigenvalue weighted by molar-refractivity contribution is 7.01. The molecule has 4 nitrogen and oxygen atoms in total. The van der Waals surface area contributed by atoms with Crippen LogP contribution in [0.4, 0.5) is 0 Å². The molecule has 10 aromatic rings. The van der Waals surface area contributed by atoms with Gasteiger partial charge in [-0.2, -0.15) is 0 Å². The van der Waals surface area contributed by atoms with Crippen molar-refractivity contribution in [2.24, 2.45) is 0 Å². The summed E-state index contributed by atoms with van der Waals surface area (Å²) in [7, 11) is -2.17. The molecule has 0 bridgehead atoms. The minimum atomic E-state index is -2.17. The molecule has 0 radical (unpaired) electrons. The molecule has 4 heterocycles. The zero-order valence-electron chi connectivity index (χ0n) is 32.8. The number of aromatic nitrogens is 4. The Morgan fingerprint density at radius 1 is 0.390 bits per heavy atom. The number of rotatable bonds is 4. The third-order valence-corrected chi connectivity index (χ3v) is 16.5. The molecule has 0 saturated heterocycles. The molecule has 5 heteroatoms. The van der Waals surface area contributed by atoms with Crippen LogP contribution < -0.4 is 10.4 Å². The van der Waals surface area contributed by atoms with Gasteiger partial charge in [0.15, 0.2) is 17.5 Å². The molecule has 59 heavy (non-hydrogen) atoms. The van der Waals surface area contributed by atoms with Gasteiger partial charge in [-0.05, 0) is 68.0 Å². The van der Waals surface area contributed by atoms with Crippen LogP contribution in [-0.2, 0) is 5.41 Å². The SMILES string of the molecule is C[Si]1(C)c2ccccc2C2(c3ccccc3-n3c4ccccc4c4cccc2c43)c2cc(-c3cccc(-c4nc(-c5ccccc5)nc(-c5ccccc5)n4)c3)ccc21. The highest BCUT2D eigenvalue weighted by Crippen LogP contribution is 2.55. The average Bonchev–Trinajstić information content (AvgIpc) is 3.65. The lowest BCUT2D eigenvalue weighted by Gasteiger charge is -2.49. The van der Waals surface area contributed by atoms with Crippen molar-refractivity contribution in [3.63, 3.8) is 0 Å². The molecule has 1 unspecified atom stereocenters. The van der Waals surface area contributed by atoms with E-state index in [0.29, 0.717) is 17.5 Å². The standard InChI is InChI=1S/C54H38N4Si/c1-59(2)48-30-14-11-26-43(48)54(42-25-10-13-29-47(42)58-46-28-12-9-23-40(46)41-24-16-27-44(54)50(41)58)45-34-38(31-32-49(45)59)37-21-15-22-39(33-37)53-56-51(35-17-5-3-6-18-35)55-52(57-53)36-19-7-4-8-20-36/h3-34H,1-2H3. The number of benzene rings is 8. The third-order valence-electron chi connectivity index (χ3n) is 12.9. The van der Waals surface area contributed by atoms with Crippen LogP contribution in [0.2, 0.25) is 13.1 Å². The van der Waals surface area contributed by atoms with Gasteiger partial charge in [-0.1, -0.05) is 183 Å². The molecule has 0 amide bonds. The van der Waals surface area contributed by atoms with E-state index in [1.807, 2.05) is 36.4 Å². The number of nitrogens with zero attached hydrogens (tertiary/aromatic N) is 4. The van der Waals surface area contributed by atoms with Crippen molar-refractivity contribution in [1.82, 2.24) is 19.5 Å². The second kappa shape index (κ2) is 12.6. The number of hydrogen-bond donors (Lipinski definition) is 0. The van der Waals surface area contributed by atoms with Gasteiger partial charge in [0.2, 0.25) is 0 Å². The van der Waals surface area contributed by atoms with Crippen molar-refractivity contribution in [3.8, 4) is 51.0 Å². The van der Waals surface area contributed by atoms with E-state index in [0.717, 1.165) is 22.3 Å². The highest BCUT2D eigenvalue weighted by Gasteiger charge is 2.53. The fraction of sp³-hybridized carbons (Fsp3) is 0.0556. The zero-order valence-corrected chi connectivity index (χ0v) is 33.8. The largest absolute Gasteiger partial charge is 0.309 e. The monoisotopic (exact) mass is 770 g/mol.